The molecule has 4 rings (SSSR count). The lowest BCUT2D eigenvalue weighted by atomic mass is 10.0. The van der Waals surface area contributed by atoms with Crippen LogP contribution < -0.4 is 9.62 Å². The molecule has 230 valence electrons. The SMILES string of the molecule is CC[C@@H](C)NC(=O)[C@H](Cc1ccccc1)N(Cc1cccc(Cl)c1)C(=O)CN(c1ccccc1)S(=O)(=O)c1ccc(F)cc1. The standard InChI is InChI=1S/C34H35ClFN3O4S/c1-3-25(2)37-34(41)32(22-26-11-6-4-7-12-26)38(23-27-13-10-14-28(35)21-27)33(40)24-39(30-15-8-5-9-16-30)44(42,43)31-19-17-29(36)18-20-31/h4-21,25,32H,3,22-24H2,1-2H3,(H,37,41)/t25-,32+/m1/s1. The predicted molar refractivity (Wildman–Crippen MR) is 171 cm³/mol. The van der Waals surface area contributed by atoms with Gasteiger partial charge >= 0.3 is 0 Å². The lowest BCUT2D eigenvalue weighted by molar-refractivity contribution is -0.140. The third kappa shape index (κ3) is 8.45. The Hall–Kier alpha value is -4.21. The van der Waals surface area contributed by atoms with Gasteiger partial charge in [0.1, 0.15) is 18.4 Å². The van der Waals surface area contributed by atoms with Gasteiger partial charge in [0.25, 0.3) is 10.0 Å². The van der Waals surface area contributed by atoms with E-state index in [9.17, 15) is 22.4 Å². The number of carbonyl (C=O) groups is 2. The highest BCUT2D eigenvalue weighted by atomic mass is 35.5. The van der Waals surface area contributed by atoms with Crippen LogP contribution in [0.2, 0.25) is 5.02 Å². The van der Waals surface area contributed by atoms with Gasteiger partial charge in [-0.2, -0.15) is 0 Å². The summed E-state index contributed by atoms with van der Waals surface area (Å²) in [5.74, 6) is -1.54. The van der Waals surface area contributed by atoms with E-state index in [0.717, 1.165) is 34.1 Å². The van der Waals surface area contributed by atoms with Crippen LogP contribution in [0, 0.1) is 5.82 Å². The van der Waals surface area contributed by atoms with Crippen molar-refractivity contribution in [2.24, 2.45) is 0 Å². The molecule has 44 heavy (non-hydrogen) atoms. The molecule has 2 amide bonds. The maximum atomic E-state index is 14.4. The van der Waals surface area contributed by atoms with Crippen molar-refractivity contribution >= 4 is 39.1 Å². The monoisotopic (exact) mass is 635 g/mol. The number of hydrogen-bond acceptors (Lipinski definition) is 4. The molecule has 0 unspecified atom stereocenters. The Morgan fingerprint density at radius 2 is 1.48 bits per heavy atom. The van der Waals surface area contributed by atoms with Crippen LogP contribution in [-0.4, -0.2) is 43.8 Å². The summed E-state index contributed by atoms with van der Waals surface area (Å²) in [6.07, 6.45) is 0.884. The molecule has 2 atom stereocenters. The fraction of sp³-hybridized carbons (Fsp3) is 0.235. The fourth-order valence-corrected chi connectivity index (χ4v) is 6.31. The summed E-state index contributed by atoms with van der Waals surface area (Å²) in [5.41, 5.74) is 1.75. The minimum Gasteiger partial charge on any atom is -0.352 e. The first kappa shape index (κ1) is 32.7. The normalized spacial score (nSPS) is 12.6. The van der Waals surface area contributed by atoms with Crippen molar-refractivity contribution in [2.45, 2.75) is 50.2 Å². The summed E-state index contributed by atoms with van der Waals surface area (Å²) in [5, 5.41) is 3.46. The molecule has 0 saturated carbocycles. The van der Waals surface area contributed by atoms with E-state index in [1.165, 1.54) is 4.90 Å². The van der Waals surface area contributed by atoms with Gasteiger partial charge < -0.3 is 10.2 Å². The van der Waals surface area contributed by atoms with Gasteiger partial charge in [-0.25, -0.2) is 12.8 Å². The van der Waals surface area contributed by atoms with Gasteiger partial charge in [-0.05, 0) is 73.0 Å². The molecule has 0 heterocycles. The zero-order valence-corrected chi connectivity index (χ0v) is 26.1. The number of benzene rings is 4. The second-order valence-corrected chi connectivity index (χ2v) is 12.8. The highest BCUT2D eigenvalue weighted by Gasteiger charge is 2.35. The molecule has 0 bridgehead atoms. The predicted octanol–water partition coefficient (Wildman–Crippen LogP) is 6.23. The maximum absolute atomic E-state index is 14.4. The molecule has 1 N–H and O–H groups in total. The van der Waals surface area contributed by atoms with Crippen molar-refractivity contribution < 1.29 is 22.4 Å². The number of sulfonamides is 1. The zero-order chi connectivity index (χ0) is 31.7. The van der Waals surface area contributed by atoms with Gasteiger partial charge in [-0.3, -0.25) is 13.9 Å². The molecule has 10 heteroatoms. The van der Waals surface area contributed by atoms with E-state index in [0.29, 0.717) is 17.0 Å². The number of anilines is 1. The number of para-hydroxylation sites is 1. The van der Waals surface area contributed by atoms with Crippen molar-refractivity contribution in [3.63, 3.8) is 0 Å². The molecule has 0 spiro atoms. The molecule has 0 radical (unpaired) electrons. The lowest BCUT2D eigenvalue weighted by Crippen LogP contribution is -2.54. The number of amides is 2. The second-order valence-electron chi connectivity index (χ2n) is 10.5. The number of carbonyl (C=O) groups excluding carboxylic acids is 2. The third-order valence-corrected chi connectivity index (χ3v) is 9.26. The van der Waals surface area contributed by atoms with E-state index in [4.69, 9.17) is 11.6 Å². The summed E-state index contributed by atoms with van der Waals surface area (Å²) >= 11 is 6.27. The van der Waals surface area contributed by atoms with Crippen LogP contribution in [0.4, 0.5) is 10.1 Å². The largest absolute Gasteiger partial charge is 0.352 e. The molecule has 0 aliphatic heterocycles. The quantitative estimate of drug-likeness (QED) is 0.189. The molecular formula is C34H35ClFN3O4S. The highest BCUT2D eigenvalue weighted by molar-refractivity contribution is 7.92. The Morgan fingerprint density at radius 1 is 0.864 bits per heavy atom. The zero-order valence-electron chi connectivity index (χ0n) is 24.6. The van der Waals surface area contributed by atoms with Crippen LogP contribution in [0.25, 0.3) is 0 Å². The molecular weight excluding hydrogens is 601 g/mol. The Labute approximate surface area is 263 Å². The molecule has 0 saturated heterocycles. The molecule has 0 aliphatic carbocycles. The van der Waals surface area contributed by atoms with E-state index in [1.54, 1.807) is 54.6 Å². The number of hydrogen-bond donors (Lipinski definition) is 1. The smallest absolute Gasteiger partial charge is 0.264 e. The van der Waals surface area contributed by atoms with Crippen molar-refractivity contribution in [3.8, 4) is 0 Å². The molecule has 0 aliphatic rings. The summed E-state index contributed by atoms with van der Waals surface area (Å²) < 4.78 is 42.5. The van der Waals surface area contributed by atoms with E-state index < -0.39 is 34.3 Å². The Morgan fingerprint density at radius 3 is 2.09 bits per heavy atom. The Kier molecular flexibility index (Phi) is 11.1. The van der Waals surface area contributed by atoms with Crippen molar-refractivity contribution in [1.82, 2.24) is 10.2 Å². The van der Waals surface area contributed by atoms with Gasteiger partial charge in [0.15, 0.2) is 0 Å². The lowest BCUT2D eigenvalue weighted by Gasteiger charge is -2.34. The number of nitrogens with zero attached hydrogens (tertiary/aromatic N) is 2. The maximum Gasteiger partial charge on any atom is 0.264 e. The van der Waals surface area contributed by atoms with Gasteiger partial charge in [0.2, 0.25) is 11.8 Å². The van der Waals surface area contributed by atoms with Gasteiger partial charge in [-0.1, -0.05) is 79.2 Å². The summed E-state index contributed by atoms with van der Waals surface area (Å²) in [6.45, 7) is 3.23. The van der Waals surface area contributed by atoms with Gasteiger partial charge in [-0.15, -0.1) is 0 Å². The minimum atomic E-state index is -4.31. The van der Waals surface area contributed by atoms with Crippen LogP contribution >= 0.6 is 11.6 Å². The van der Waals surface area contributed by atoms with E-state index in [-0.39, 0.29) is 35.5 Å². The minimum absolute atomic E-state index is 0.00401. The van der Waals surface area contributed by atoms with Crippen molar-refractivity contribution in [2.75, 3.05) is 10.8 Å². The average Bonchev–Trinajstić information content (AvgIpc) is 3.02. The molecule has 0 fully saturated rings. The number of nitrogens with one attached hydrogen (secondary N) is 1. The fourth-order valence-electron chi connectivity index (χ4n) is 4.68. The molecule has 4 aromatic carbocycles. The van der Waals surface area contributed by atoms with Crippen molar-refractivity contribution in [1.29, 1.82) is 0 Å². The Bertz CT molecular complexity index is 1660. The topological polar surface area (TPSA) is 86.8 Å². The van der Waals surface area contributed by atoms with Crippen LogP contribution in [0.5, 0.6) is 0 Å². The summed E-state index contributed by atoms with van der Waals surface area (Å²) in [6, 6.07) is 27.8. The van der Waals surface area contributed by atoms with E-state index >= 15 is 0 Å². The average molecular weight is 636 g/mol. The Balaban J connectivity index is 1.79. The van der Waals surface area contributed by atoms with E-state index in [1.807, 2.05) is 44.2 Å². The van der Waals surface area contributed by atoms with Crippen LogP contribution in [-0.2, 0) is 32.6 Å². The molecule has 0 aromatic heterocycles. The van der Waals surface area contributed by atoms with Crippen LogP contribution in [0.3, 0.4) is 0 Å². The first-order chi connectivity index (χ1) is 21.1. The molecule has 7 nitrogen and oxygen atoms in total. The second kappa shape index (κ2) is 15.0. The van der Waals surface area contributed by atoms with Gasteiger partial charge in [0, 0.05) is 24.0 Å². The third-order valence-electron chi connectivity index (χ3n) is 7.24. The highest BCUT2D eigenvalue weighted by Crippen LogP contribution is 2.25. The van der Waals surface area contributed by atoms with Crippen molar-refractivity contribution in [3.05, 3.63) is 131 Å². The summed E-state index contributed by atoms with van der Waals surface area (Å²) in [4.78, 5) is 29.4. The van der Waals surface area contributed by atoms with Gasteiger partial charge in [0.05, 0.1) is 10.6 Å². The number of halogens is 2. The summed E-state index contributed by atoms with van der Waals surface area (Å²) in [7, 11) is -4.31. The number of rotatable bonds is 13. The first-order valence-corrected chi connectivity index (χ1v) is 16.1. The van der Waals surface area contributed by atoms with Crippen LogP contribution in [0.15, 0.2) is 114 Å². The molecule has 4 aromatic rings. The van der Waals surface area contributed by atoms with Crippen LogP contribution in [0.1, 0.15) is 31.4 Å². The van der Waals surface area contributed by atoms with E-state index in [2.05, 4.69) is 5.32 Å². The first-order valence-electron chi connectivity index (χ1n) is 14.3.